The van der Waals surface area contributed by atoms with E-state index in [-0.39, 0.29) is 0 Å². The van der Waals surface area contributed by atoms with Gasteiger partial charge in [-0.1, -0.05) is 0 Å². The van der Waals surface area contributed by atoms with Crippen LogP contribution in [0.3, 0.4) is 0 Å². The van der Waals surface area contributed by atoms with Gasteiger partial charge < -0.3 is 10.6 Å². The minimum atomic E-state index is 1.04. The maximum Gasteiger partial charge on any atom is 0.0894 e. The first-order chi connectivity index (χ1) is 5.83. The van der Waals surface area contributed by atoms with Gasteiger partial charge in [0.25, 0.3) is 0 Å². The SMILES string of the molecule is CNCCCNc1cc(Br)cs1. The molecule has 1 heterocycles. The van der Waals surface area contributed by atoms with Crippen molar-refractivity contribution >= 4 is 32.3 Å². The maximum absolute atomic E-state index is 3.41. The molecule has 2 N–H and O–H groups in total. The molecule has 0 saturated carbocycles. The summed E-state index contributed by atoms with van der Waals surface area (Å²) in [6.45, 7) is 2.10. The van der Waals surface area contributed by atoms with Gasteiger partial charge in [0.1, 0.15) is 0 Å². The highest BCUT2D eigenvalue weighted by molar-refractivity contribution is 9.10. The average molecular weight is 249 g/mol. The molecule has 1 aromatic heterocycles. The number of nitrogens with one attached hydrogen (secondary N) is 2. The van der Waals surface area contributed by atoms with Crippen LogP contribution in [0.1, 0.15) is 6.42 Å². The van der Waals surface area contributed by atoms with Crippen molar-refractivity contribution < 1.29 is 0 Å². The van der Waals surface area contributed by atoms with Gasteiger partial charge in [-0.15, -0.1) is 11.3 Å². The molecule has 0 fully saturated rings. The lowest BCUT2D eigenvalue weighted by molar-refractivity contribution is 0.749. The molecular formula is C8H13BrN2S. The van der Waals surface area contributed by atoms with E-state index in [1.54, 1.807) is 11.3 Å². The largest absolute Gasteiger partial charge is 0.377 e. The molecule has 0 aliphatic heterocycles. The molecule has 0 radical (unpaired) electrons. The number of hydrogen-bond donors (Lipinski definition) is 2. The van der Waals surface area contributed by atoms with Crippen LogP contribution in [0.15, 0.2) is 15.9 Å². The normalized spacial score (nSPS) is 10.2. The average Bonchev–Trinajstić information content (AvgIpc) is 2.45. The van der Waals surface area contributed by atoms with Crippen LogP contribution in [0, 0.1) is 0 Å². The first-order valence-corrected chi connectivity index (χ1v) is 5.62. The summed E-state index contributed by atoms with van der Waals surface area (Å²) in [6, 6.07) is 2.10. The van der Waals surface area contributed by atoms with Crippen LogP contribution in [0.2, 0.25) is 0 Å². The number of thiophene rings is 1. The fourth-order valence-corrected chi connectivity index (χ4v) is 2.23. The zero-order valence-electron chi connectivity index (χ0n) is 7.06. The van der Waals surface area contributed by atoms with E-state index < -0.39 is 0 Å². The fourth-order valence-electron chi connectivity index (χ4n) is 0.883. The summed E-state index contributed by atoms with van der Waals surface area (Å²) in [5.74, 6) is 0. The second-order valence-electron chi connectivity index (χ2n) is 2.51. The van der Waals surface area contributed by atoms with Crippen molar-refractivity contribution in [3.8, 4) is 0 Å². The molecule has 0 spiro atoms. The lowest BCUT2D eigenvalue weighted by atomic mass is 10.4. The molecule has 1 rings (SSSR count). The van der Waals surface area contributed by atoms with Crippen LogP contribution in [0.4, 0.5) is 5.00 Å². The van der Waals surface area contributed by atoms with E-state index >= 15 is 0 Å². The van der Waals surface area contributed by atoms with E-state index in [1.165, 1.54) is 5.00 Å². The number of anilines is 1. The molecule has 0 aromatic carbocycles. The zero-order valence-corrected chi connectivity index (χ0v) is 9.46. The van der Waals surface area contributed by atoms with E-state index in [0.29, 0.717) is 0 Å². The summed E-state index contributed by atoms with van der Waals surface area (Å²) in [6.07, 6.45) is 1.16. The van der Waals surface area contributed by atoms with E-state index in [2.05, 4.69) is 38.0 Å². The lowest BCUT2D eigenvalue weighted by Gasteiger charge is -2.01. The van der Waals surface area contributed by atoms with Crippen molar-refractivity contribution in [2.45, 2.75) is 6.42 Å². The molecule has 0 saturated heterocycles. The molecule has 0 aliphatic rings. The topological polar surface area (TPSA) is 24.1 Å². The molecule has 12 heavy (non-hydrogen) atoms. The van der Waals surface area contributed by atoms with Gasteiger partial charge in [0.05, 0.1) is 5.00 Å². The molecule has 0 amide bonds. The summed E-state index contributed by atoms with van der Waals surface area (Å²) in [4.78, 5) is 0. The van der Waals surface area contributed by atoms with Crippen molar-refractivity contribution in [1.82, 2.24) is 5.32 Å². The Hall–Kier alpha value is -0.0600. The van der Waals surface area contributed by atoms with Gasteiger partial charge >= 0.3 is 0 Å². The van der Waals surface area contributed by atoms with E-state index in [9.17, 15) is 0 Å². The van der Waals surface area contributed by atoms with E-state index in [0.717, 1.165) is 24.0 Å². The highest BCUT2D eigenvalue weighted by Gasteiger charge is 1.94. The maximum atomic E-state index is 3.41. The minimum absolute atomic E-state index is 1.04. The van der Waals surface area contributed by atoms with Crippen molar-refractivity contribution in [2.75, 3.05) is 25.5 Å². The van der Waals surface area contributed by atoms with Crippen LogP contribution in [-0.4, -0.2) is 20.1 Å². The first-order valence-electron chi connectivity index (χ1n) is 3.95. The molecule has 1 aromatic rings. The smallest absolute Gasteiger partial charge is 0.0894 e. The van der Waals surface area contributed by atoms with Crippen molar-refractivity contribution in [1.29, 1.82) is 0 Å². The molecule has 4 heteroatoms. The first kappa shape index (κ1) is 10.0. The Bertz CT molecular complexity index is 225. The van der Waals surface area contributed by atoms with Crippen molar-refractivity contribution in [3.05, 3.63) is 15.9 Å². The van der Waals surface area contributed by atoms with Gasteiger partial charge in [0.15, 0.2) is 0 Å². The highest BCUT2D eigenvalue weighted by Crippen LogP contribution is 2.24. The molecule has 0 aliphatic carbocycles. The molecule has 0 unspecified atom stereocenters. The number of hydrogen-bond acceptors (Lipinski definition) is 3. The second kappa shape index (κ2) is 5.56. The summed E-state index contributed by atoms with van der Waals surface area (Å²) in [5.41, 5.74) is 0. The monoisotopic (exact) mass is 248 g/mol. The molecule has 0 bridgehead atoms. The van der Waals surface area contributed by atoms with E-state index in [4.69, 9.17) is 0 Å². The summed E-state index contributed by atoms with van der Waals surface area (Å²) < 4.78 is 1.16. The summed E-state index contributed by atoms with van der Waals surface area (Å²) in [7, 11) is 1.97. The van der Waals surface area contributed by atoms with Crippen LogP contribution in [-0.2, 0) is 0 Å². The standard InChI is InChI=1S/C8H13BrN2S/c1-10-3-2-4-11-8-5-7(9)6-12-8/h5-6,10-11H,2-4H2,1H3. The molecule has 68 valence electrons. The van der Waals surface area contributed by atoms with Gasteiger partial charge in [-0.2, -0.15) is 0 Å². The quantitative estimate of drug-likeness (QED) is 0.783. The second-order valence-corrected chi connectivity index (χ2v) is 4.34. The minimum Gasteiger partial charge on any atom is -0.377 e. The van der Waals surface area contributed by atoms with Crippen LogP contribution < -0.4 is 10.6 Å². The van der Waals surface area contributed by atoms with Crippen molar-refractivity contribution in [3.63, 3.8) is 0 Å². The Morgan fingerprint density at radius 3 is 2.92 bits per heavy atom. The van der Waals surface area contributed by atoms with Gasteiger partial charge in [-0.25, -0.2) is 0 Å². The van der Waals surface area contributed by atoms with Crippen LogP contribution in [0.25, 0.3) is 0 Å². The fraction of sp³-hybridized carbons (Fsp3) is 0.500. The summed E-state index contributed by atoms with van der Waals surface area (Å²) >= 11 is 5.14. The van der Waals surface area contributed by atoms with Gasteiger partial charge in [-0.05, 0) is 42.0 Å². The molecular weight excluding hydrogens is 236 g/mol. The Kier molecular flexibility index (Phi) is 4.65. The van der Waals surface area contributed by atoms with Crippen molar-refractivity contribution in [2.24, 2.45) is 0 Å². The van der Waals surface area contributed by atoms with Crippen LogP contribution >= 0.6 is 27.3 Å². The number of rotatable bonds is 5. The third kappa shape index (κ3) is 3.56. The molecule has 0 atom stereocenters. The lowest BCUT2D eigenvalue weighted by Crippen LogP contribution is -2.12. The Labute approximate surface area is 85.5 Å². The van der Waals surface area contributed by atoms with Gasteiger partial charge in [0.2, 0.25) is 0 Å². The predicted molar refractivity (Wildman–Crippen MR) is 59.1 cm³/mol. The van der Waals surface area contributed by atoms with Gasteiger partial charge in [0, 0.05) is 16.4 Å². The third-order valence-electron chi connectivity index (χ3n) is 1.47. The van der Waals surface area contributed by atoms with Crippen LogP contribution in [0.5, 0.6) is 0 Å². The van der Waals surface area contributed by atoms with Gasteiger partial charge in [-0.3, -0.25) is 0 Å². The van der Waals surface area contributed by atoms with E-state index in [1.807, 2.05) is 7.05 Å². The zero-order chi connectivity index (χ0) is 8.81. The predicted octanol–water partition coefficient (Wildman–Crippen LogP) is 2.53. The third-order valence-corrected chi connectivity index (χ3v) is 3.12. The molecule has 2 nitrogen and oxygen atoms in total. The Morgan fingerprint density at radius 1 is 1.50 bits per heavy atom. The number of halogens is 1. The Morgan fingerprint density at radius 2 is 2.33 bits per heavy atom. The summed E-state index contributed by atoms with van der Waals surface area (Å²) in [5, 5.41) is 9.78. The highest BCUT2D eigenvalue weighted by atomic mass is 79.9. The Balaban J connectivity index is 2.15.